The quantitative estimate of drug-likeness (QED) is 0.192. The molecule has 9 nitrogen and oxygen atoms in total. The number of phenols is 1. The molecule has 38 heavy (non-hydrogen) atoms. The molecule has 2 fully saturated rings. The van der Waals surface area contributed by atoms with E-state index in [1.807, 2.05) is 24.3 Å². The molecule has 0 spiro atoms. The van der Waals surface area contributed by atoms with Crippen LogP contribution in [-0.2, 0) is 16.1 Å². The van der Waals surface area contributed by atoms with Gasteiger partial charge in [-0.3, -0.25) is 9.59 Å². The second-order valence-electron chi connectivity index (χ2n) is 10.4. The fourth-order valence-electron chi connectivity index (χ4n) is 6.15. The molecule has 10 heteroatoms. The monoisotopic (exact) mass is 541 g/mol. The highest BCUT2D eigenvalue weighted by Crippen LogP contribution is 2.48. The lowest BCUT2D eigenvalue weighted by Gasteiger charge is -2.31. The van der Waals surface area contributed by atoms with Gasteiger partial charge >= 0.3 is 4.87 Å². The van der Waals surface area contributed by atoms with Gasteiger partial charge in [-0.15, -0.1) is 0 Å². The first-order chi connectivity index (χ1) is 18.4. The van der Waals surface area contributed by atoms with Crippen LogP contribution >= 0.6 is 11.3 Å². The number of aromatic nitrogens is 1. The van der Waals surface area contributed by atoms with Crippen LogP contribution in [0.25, 0.3) is 10.2 Å². The smallest absolute Gasteiger partial charge is 0.305 e. The van der Waals surface area contributed by atoms with Crippen LogP contribution in [0.15, 0.2) is 41.2 Å². The third-order valence-electron chi connectivity index (χ3n) is 8.04. The van der Waals surface area contributed by atoms with Crippen molar-refractivity contribution in [3.05, 3.63) is 57.2 Å². The molecule has 5 atom stereocenters. The summed E-state index contributed by atoms with van der Waals surface area (Å²) in [6.07, 6.45) is 3.63. The predicted octanol–water partition coefficient (Wildman–Crippen LogP) is 3.16. The van der Waals surface area contributed by atoms with E-state index in [0.29, 0.717) is 59.8 Å². The summed E-state index contributed by atoms with van der Waals surface area (Å²) in [6.45, 7) is 3.07. The molecule has 2 saturated carbocycles. The predicted molar refractivity (Wildman–Crippen MR) is 146 cm³/mol. The van der Waals surface area contributed by atoms with E-state index in [2.05, 4.69) is 22.2 Å². The molecule has 2 bridgehead atoms. The number of hydrogen-bond acceptors (Lipinski definition) is 9. The fraction of sp³-hybridized carbons (Fsp3) is 0.500. The molecule has 5 rings (SSSR count). The van der Waals surface area contributed by atoms with E-state index < -0.39 is 6.10 Å². The number of rotatable bonds is 13. The van der Waals surface area contributed by atoms with Gasteiger partial charge in [0, 0.05) is 37.2 Å². The van der Waals surface area contributed by atoms with Gasteiger partial charge in [-0.05, 0) is 62.4 Å². The lowest BCUT2D eigenvalue weighted by molar-refractivity contribution is -0.135. The zero-order chi connectivity index (χ0) is 26.6. The standard InChI is InChI=1S/C28H35N3O6S/c1-31(22-13-18-5-8-20(22)26(18)37-16-32)11-2-12-36-19-6-3-17(4-7-19)14-29-15-24(34)21-9-10-23(33)25-27(21)38-28(35)30-25/h3-4,6-7,9-10,16,18,20,22,24,26,29,33-34H,2,5,8,11-15H2,1H3,(H,30,35)/t18-,20+,22-,24+,26+/m0/s1. The summed E-state index contributed by atoms with van der Waals surface area (Å²) in [7, 11) is 2.16. The SMILES string of the molecule is CN(CCCOc1ccc(CNC[C@@H](O)c2ccc(O)c3[nH]c(=O)sc23)cc1)[C@H]1C[C@@H]2CC[C@H]1[C@@H]2OC=O. The number of aromatic amines is 1. The molecule has 0 amide bonds. The molecule has 2 aliphatic carbocycles. The van der Waals surface area contributed by atoms with E-state index in [1.165, 1.54) is 12.5 Å². The van der Waals surface area contributed by atoms with E-state index >= 15 is 0 Å². The minimum absolute atomic E-state index is 0.00321. The maximum absolute atomic E-state index is 11.7. The third-order valence-corrected chi connectivity index (χ3v) is 8.97. The first kappa shape index (κ1) is 26.7. The van der Waals surface area contributed by atoms with Crippen molar-refractivity contribution in [2.45, 2.75) is 50.5 Å². The van der Waals surface area contributed by atoms with Crippen LogP contribution in [0.5, 0.6) is 11.5 Å². The van der Waals surface area contributed by atoms with Crippen LogP contribution in [0, 0.1) is 11.8 Å². The summed E-state index contributed by atoms with van der Waals surface area (Å²) < 4.78 is 11.9. The molecule has 4 N–H and O–H groups in total. The van der Waals surface area contributed by atoms with Gasteiger partial charge in [-0.2, -0.15) is 0 Å². The Bertz CT molecular complexity index is 1290. The molecule has 1 heterocycles. The number of carbonyl (C=O) groups excluding carboxylic acids is 1. The number of aliphatic hydroxyl groups is 1. The second-order valence-corrected chi connectivity index (χ2v) is 11.4. The molecular formula is C28H35N3O6S. The number of phenolic OH excluding ortho intramolecular Hbond substituents is 1. The Morgan fingerprint density at radius 1 is 1.24 bits per heavy atom. The highest BCUT2D eigenvalue weighted by Gasteiger charge is 2.50. The number of aliphatic hydroxyl groups excluding tert-OH is 1. The summed E-state index contributed by atoms with van der Waals surface area (Å²) in [6, 6.07) is 11.5. The zero-order valence-electron chi connectivity index (χ0n) is 21.5. The van der Waals surface area contributed by atoms with Gasteiger partial charge in [0.1, 0.15) is 23.1 Å². The molecule has 1 aromatic heterocycles. The van der Waals surface area contributed by atoms with Crippen LogP contribution in [0.2, 0.25) is 0 Å². The summed E-state index contributed by atoms with van der Waals surface area (Å²) >= 11 is 0.981. The summed E-state index contributed by atoms with van der Waals surface area (Å²) in [5.41, 5.74) is 2.04. The number of nitrogens with zero attached hydrogens (tertiary/aromatic N) is 1. The molecule has 0 aliphatic heterocycles. The highest BCUT2D eigenvalue weighted by atomic mass is 32.1. The molecule has 2 aromatic carbocycles. The van der Waals surface area contributed by atoms with Crippen LogP contribution in [-0.4, -0.2) is 65.5 Å². The Labute approximate surface area is 225 Å². The van der Waals surface area contributed by atoms with Crippen molar-refractivity contribution < 1.29 is 24.5 Å². The van der Waals surface area contributed by atoms with Gasteiger partial charge in [0.25, 0.3) is 6.47 Å². The molecular weight excluding hydrogens is 506 g/mol. The number of nitrogens with one attached hydrogen (secondary N) is 2. The van der Waals surface area contributed by atoms with E-state index in [1.54, 1.807) is 6.07 Å². The summed E-state index contributed by atoms with van der Waals surface area (Å²) in [5, 5.41) is 23.8. The Morgan fingerprint density at radius 3 is 2.84 bits per heavy atom. The van der Waals surface area contributed by atoms with Crippen molar-refractivity contribution in [2.75, 3.05) is 26.7 Å². The van der Waals surface area contributed by atoms with Gasteiger partial charge in [0.15, 0.2) is 0 Å². The molecule has 0 radical (unpaired) electrons. The lowest BCUT2D eigenvalue weighted by Crippen LogP contribution is -2.38. The second kappa shape index (κ2) is 11.9. The van der Waals surface area contributed by atoms with E-state index in [0.717, 1.165) is 48.5 Å². The Kier molecular flexibility index (Phi) is 8.32. The Hall–Kier alpha value is -2.92. The Balaban J connectivity index is 1.02. The van der Waals surface area contributed by atoms with Crippen molar-refractivity contribution in [3.63, 3.8) is 0 Å². The van der Waals surface area contributed by atoms with Gasteiger partial charge < -0.3 is 34.9 Å². The summed E-state index contributed by atoms with van der Waals surface area (Å²) in [4.78, 5) is 27.3. The van der Waals surface area contributed by atoms with E-state index in [9.17, 15) is 19.8 Å². The van der Waals surface area contributed by atoms with Crippen LogP contribution in [0.1, 0.15) is 42.9 Å². The first-order valence-corrected chi connectivity index (χ1v) is 14.0. The first-order valence-electron chi connectivity index (χ1n) is 13.2. The van der Waals surface area contributed by atoms with Crippen LogP contribution in [0.3, 0.4) is 0 Å². The molecule has 204 valence electrons. The maximum atomic E-state index is 11.7. The topological polar surface area (TPSA) is 124 Å². The van der Waals surface area contributed by atoms with Crippen LogP contribution in [0.4, 0.5) is 0 Å². The zero-order valence-corrected chi connectivity index (χ0v) is 22.3. The van der Waals surface area contributed by atoms with Gasteiger partial charge in [-0.25, -0.2) is 0 Å². The molecule has 3 aromatic rings. The minimum atomic E-state index is -0.812. The number of fused-ring (bicyclic) bond motifs is 3. The fourth-order valence-corrected chi connectivity index (χ4v) is 7.07. The molecule has 2 aliphatic rings. The van der Waals surface area contributed by atoms with Crippen molar-refractivity contribution in [2.24, 2.45) is 11.8 Å². The van der Waals surface area contributed by atoms with Gasteiger partial charge in [0.2, 0.25) is 0 Å². The lowest BCUT2D eigenvalue weighted by atomic mass is 9.94. The number of thiazole rings is 1. The van der Waals surface area contributed by atoms with Crippen molar-refractivity contribution in [1.29, 1.82) is 0 Å². The number of hydrogen-bond donors (Lipinski definition) is 4. The van der Waals surface area contributed by atoms with Crippen molar-refractivity contribution in [1.82, 2.24) is 15.2 Å². The third kappa shape index (κ3) is 5.73. The van der Waals surface area contributed by atoms with Gasteiger partial charge in [-0.1, -0.05) is 29.5 Å². The number of benzene rings is 2. The van der Waals surface area contributed by atoms with E-state index in [4.69, 9.17) is 9.47 Å². The van der Waals surface area contributed by atoms with Crippen molar-refractivity contribution in [3.8, 4) is 11.5 Å². The minimum Gasteiger partial charge on any atom is -0.506 e. The van der Waals surface area contributed by atoms with Crippen molar-refractivity contribution >= 4 is 28.0 Å². The average Bonchev–Trinajstić information content (AvgIpc) is 3.60. The number of ether oxygens (including phenoxy) is 2. The molecule has 0 unspecified atom stereocenters. The van der Waals surface area contributed by atoms with Gasteiger partial charge in [0.05, 0.1) is 17.4 Å². The average molecular weight is 542 g/mol. The number of carbonyl (C=O) groups is 1. The Morgan fingerprint density at radius 2 is 2.05 bits per heavy atom. The number of H-pyrrole nitrogens is 1. The largest absolute Gasteiger partial charge is 0.506 e. The normalized spacial score (nSPS) is 23.2. The van der Waals surface area contributed by atoms with E-state index in [-0.39, 0.29) is 16.7 Å². The maximum Gasteiger partial charge on any atom is 0.305 e. The number of aromatic hydroxyl groups is 1. The highest BCUT2D eigenvalue weighted by molar-refractivity contribution is 7.16. The van der Waals surface area contributed by atoms with Crippen LogP contribution < -0.4 is 14.9 Å². The summed E-state index contributed by atoms with van der Waals surface area (Å²) in [5.74, 6) is 1.79. The molecule has 0 saturated heterocycles.